The van der Waals surface area contributed by atoms with Gasteiger partial charge < -0.3 is 24.8 Å². The van der Waals surface area contributed by atoms with Crippen LogP contribution in [-0.2, 0) is 4.79 Å². The normalized spacial score (nSPS) is 11.0. The summed E-state index contributed by atoms with van der Waals surface area (Å²) in [6, 6.07) is 10.6. The van der Waals surface area contributed by atoms with E-state index in [1.807, 2.05) is 19.1 Å². The first-order valence-electron chi connectivity index (χ1n) is 8.11. The molecule has 0 aliphatic heterocycles. The van der Waals surface area contributed by atoms with Crippen LogP contribution in [0.5, 0.6) is 11.5 Å². The average molecular weight is 353 g/mol. The fraction of sp³-hybridized carbons (Fsp3) is 0.158. The van der Waals surface area contributed by atoms with Crippen LogP contribution in [0.1, 0.15) is 12.5 Å². The second kappa shape index (κ2) is 7.60. The van der Waals surface area contributed by atoms with Crippen molar-refractivity contribution in [1.82, 2.24) is 9.97 Å². The highest BCUT2D eigenvalue weighted by Crippen LogP contribution is 2.28. The summed E-state index contributed by atoms with van der Waals surface area (Å²) in [6.45, 7) is 2.41. The van der Waals surface area contributed by atoms with Crippen LogP contribution >= 0.6 is 0 Å². The Hall–Kier alpha value is -3.48. The average Bonchev–Trinajstić information content (AvgIpc) is 3.00. The largest absolute Gasteiger partial charge is 0.493 e. The van der Waals surface area contributed by atoms with Gasteiger partial charge in [0, 0.05) is 11.8 Å². The number of carbonyl (C=O) groups excluding carboxylic acids is 1. The van der Waals surface area contributed by atoms with Gasteiger partial charge in [-0.15, -0.1) is 0 Å². The van der Waals surface area contributed by atoms with Crippen LogP contribution in [0.4, 0.5) is 5.69 Å². The molecule has 3 rings (SSSR count). The van der Waals surface area contributed by atoms with E-state index in [4.69, 9.17) is 9.47 Å². The Balaban J connectivity index is 1.72. The molecule has 0 aliphatic rings. The SMILES string of the molecule is CCOc1cc(/C=C/C(=O)Nc2ccc3[nH]c(=O)[nH]c3c2)ccc1OC. The number of benzene rings is 2. The lowest BCUT2D eigenvalue weighted by Crippen LogP contribution is -2.07. The molecule has 0 saturated heterocycles. The second-order valence-electron chi connectivity index (χ2n) is 5.51. The van der Waals surface area contributed by atoms with Crippen molar-refractivity contribution >= 4 is 28.7 Å². The molecule has 134 valence electrons. The minimum Gasteiger partial charge on any atom is -0.493 e. The fourth-order valence-corrected chi connectivity index (χ4v) is 2.53. The molecule has 1 amide bonds. The van der Waals surface area contributed by atoms with Gasteiger partial charge in [-0.25, -0.2) is 4.79 Å². The molecule has 0 fully saturated rings. The number of hydrogen-bond donors (Lipinski definition) is 3. The molecule has 7 nitrogen and oxygen atoms in total. The molecule has 0 atom stereocenters. The van der Waals surface area contributed by atoms with Crippen LogP contribution < -0.4 is 20.5 Å². The van der Waals surface area contributed by atoms with Crippen molar-refractivity contribution in [1.29, 1.82) is 0 Å². The molecule has 7 heteroatoms. The number of anilines is 1. The van der Waals surface area contributed by atoms with Crippen LogP contribution in [0.2, 0.25) is 0 Å². The first-order chi connectivity index (χ1) is 12.6. The molecule has 1 heterocycles. The maximum absolute atomic E-state index is 12.1. The van der Waals surface area contributed by atoms with E-state index < -0.39 is 0 Å². The molecule has 1 aromatic heterocycles. The van der Waals surface area contributed by atoms with Gasteiger partial charge in [0.05, 0.1) is 24.8 Å². The predicted molar refractivity (Wildman–Crippen MR) is 101 cm³/mol. The molecule has 3 aromatic rings. The molecule has 3 N–H and O–H groups in total. The molecule has 2 aromatic carbocycles. The number of imidazole rings is 1. The number of aromatic amines is 2. The number of nitrogens with one attached hydrogen (secondary N) is 3. The van der Waals surface area contributed by atoms with E-state index in [-0.39, 0.29) is 11.6 Å². The highest BCUT2D eigenvalue weighted by Gasteiger charge is 2.05. The van der Waals surface area contributed by atoms with E-state index >= 15 is 0 Å². The van der Waals surface area contributed by atoms with E-state index in [1.165, 1.54) is 6.08 Å². The quantitative estimate of drug-likeness (QED) is 0.594. The number of aromatic nitrogens is 2. The first kappa shape index (κ1) is 17.3. The highest BCUT2D eigenvalue weighted by atomic mass is 16.5. The maximum atomic E-state index is 12.1. The summed E-state index contributed by atoms with van der Waals surface area (Å²) < 4.78 is 10.8. The molecule has 0 spiro atoms. The van der Waals surface area contributed by atoms with E-state index in [0.29, 0.717) is 34.8 Å². The molecule has 0 bridgehead atoms. The zero-order chi connectivity index (χ0) is 18.5. The Morgan fingerprint density at radius 2 is 1.92 bits per heavy atom. The molecule has 0 unspecified atom stereocenters. The summed E-state index contributed by atoms with van der Waals surface area (Å²) in [5.74, 6) is 0.984. The van der Waals surface area contributed by atoms with Crippen molar-refractivity contribution in [2.75, 3.05) is 19.0 Å². The zero-order valence-corrected chi connectivity index (χ0v) is 14.5. The minimum atomic E-state index is -0.284. The van der Waals surface area contributed by atoms with E-state index in [0.717, 1.165) is 5.56 Å². The summed E-state index contributed by atoms with van der Waals surface area (Å²) in [6.07, 6.45) is 3.12. The second-order valence-corrected chi connectivity index (χ2v) is 5.51. The van der Waals surface area contributed by atoms with Gasteiger partial charge in [0.25, 0.3) is 0 Å². The number of methoxy groups -OCH3 is 1. The first-order valence-corrected chi connectivity index (χ1v) is 8.11. The van der Waals surface area contributed by atoms with Crippen LogP contribution in [0.15, 0.2) is 47.3 Å². The molecule has 0 radical (unpaired) electrons. The Bertz CT molecular complexity index is 1020. The number of rotatable bonds is 6. The lowest BCUT2D eigenvalue weighted by Gasteiger charge is -2.09. The topological polar surface area (TPSA) is 96.2 Å². The third-order valence-electron chi connectivity index (χ3n) is 3.70. The molecular formula is C19H19N3O4. The van der Waals surface area contributed by atoms with Crippen molar-refractivity contribution < 1.29 is 14.3 Å². The van der Waals surface area contributed by atoms with Crippen LogP contribution in [0.3, 0.4) is 0 Å². The molecule has 0 saturated carbocycles. The monoisotopic (exact) mass is 353 g/mol. The number of ether oxygens (including phenoxy) is 2. The van der Waals surface area contributed by atoms with Crippen molar-refractivity contribution in [2.45, 2.75) is 6.92 Å². The van der Waals surface area contributed by atoms with Gasteiger partial charge in [0.1, 0.15) is 0 Å². The maximum Gasteiger partial charge on any atom is 0.323 e. The number of fused-ring (bicyclic) bond motifs is 1. The summed E-state index contributed by atoms with van der Waals surface area (Å²) >= 11 is 0. The third-order valence-corrected chi connectivity index (χ3v) is 3.70. The molecular weight excluding hydrogens is 334 g/mol. The lowest BCUT2D eigenvalue weighted by atomic mass is 10.2. The van der Waals surface area contributed by atoms with Gasteiger partial charge in [0.15, 0.2) is 11.5 Å². The highest BCUT2D eigenvalue weighted by molar-refractivity contribution is 6.02. The number of H-pyrrole nitrogens is 2. The van der Waals surface area contributed by atoms with Crippen LogP contribution in [0.25, 0.3) is 17.1 Å². The molecule has 0 aliphatic carbocycles. The van der Waals surface area contributed by atoms with Gasteiger partial charge >= 0.3 is 5.69 Å². The summed E-state index contributed by atoms with van der Waals surface area (Å²) in [5.41, 5.74) is 2.44. The summed E-state index contributed by atoms with van der Waals surface area (Å²) in [7, 11) is 1.58. The van der Waals surface area contributed by atoms with Crippen molar-refractivity contribution in [3.63, 3.8) is 0 Å². The lowest BCUT2D eigenvalue weighted by molar-refractivity contribution is -0.111. The minimum absolute atomic E-state index is 0.281. The summed E-state index contributed by atoms with van der Waals surface area (Å²) in [5, 5.41) is 2.76. The van der Waals surface area contributed by atoms with Crippen molar-refractivity contribution in [2.24, 2.45) is 0 Å². The Labute approximate surface area is 149 Å². The third kappa shape index (κ3) is 3.94. The zero-order valence-electron chi connectivity index (χ0n) is 14.5. The van der Waals surface area contributed by atoms with E-state index in [9.17, 15) is 9.59 Å². The Morgan fingerprint density at radius 3 is 2.69 bits per heavy atom. The van der Waals surface area contributed by atoms with E-state index in [2.05, 4.69) is 15.3 Å². The van der Waals surface area contributed by atoms with Crippen LogP contribution in [-0.4, -0.2) is 29.6 Å². The van der Waals surface area contributed by atoms with Gasteiger partial charge in [-0.2, -0.15) is 0 Å². The smallest absolute Gasteiger partial charge is 0.323 e. The summed E-state index contributed by atoms with van der Waals surface area (Å²) in [4.78, 5) is 28.7. The Kier molecular flexibility index (Phi) is 5.07. The van der Waals surface area contributed by atoms with Gasteiger partial charge in [0.2, 0.25) is 5.91 Å². The predicted octanol–water partition coefficient (Wildman–Crippen LogP) is 2.92. The van der Waals surface area contributed by atoms with E-state index in [1.54, 1.807) is 37.5 Å². The van der Waals surface area contributed by atoms with Gasteiger partial charge in [-0.3, -0.25) is 4.79 Å². The van der Waals surface area contributed by atoms with Crippen molar-refractivity contribution in [3.8, 4) is 11.5 Å². The Morgan fingerprint density at radius 1 is 1.12 bits per heavy atom. The molecule has 26 heavy (non-hydrogen) atoms. The number of carbonyl (C=O) groups is 1. The van der Waals surface area contributed by atoms with Crippen LogP contribution in [0, 0.1) is 0 Å². The fourth-order valence-electron chi connectivity index (χ4n) is 2.53. The number of hydrogen-bond acceptors (Lipinski definition) is 4. The van der Waals surface area contributed by atoms with Gasteiger partial charge in [-0.1, -0.05) is 6.07 Å². The standard InChI is InChI=1S/C19H19N3O4/c1-3-26-17-10-12(4-8-16(17)25-2)5-9-18(23)20-13-6-7-14-15(11-13)22-19(24)21-14/h4-11H,3H2,1-2H3,(H,20,23)(H2,21,22,24)/b9-5+. The number of amides is 1. The van der Waals surface area contributed by atoms with Gasteiger partial charge in [-0.05, 0) is 48.9 Å². The van der Waals surface area contributed by atoms with Crippen molar-refractivity contribution in [3.05, 3.63) is 58.5 Å².